The maximum absolute atomic E-state index is 11.3. The molecule has 12 heavy (non-hydrogen) atoms. The fourth-order valence-corrected chi connectivity index (χ4v) is 0.893. The Balaban J connectivity index is 3.92. The van der Waals surface area contributed by atoms with Crippen LogP contribution in [0, 0.1) is 5.92 Å². The van der Waals surface area contributed by atoms with Crippen LogP contribution in [0.3, 0.4) is 0 Å². The van der Waals surface area contributed by atoms with Crippen molar-refractivity contribution in [1.82, 2.24) is 5.32 Å². The van der Waals surface area contributed by atoms with Crippen molar-refractivity contribution in [3.05, 3.63) is 0 Å². The maximum Gasteiger partial charge on any atom is 0.237 e. The van der Waals surface area contributed by atoms with Gasteiger partial charge in [0.15, 0.2) is 0 Å². The van der Waals surface area contributed by atoms with E-state index in [-0.39, 0.29) is 23.9 Å². The third-order valence-corrected chi connectivity index (χ3v) is 1.99. The minimum absolute atomic E-state index is 0.0423. The molecular weight excluding hydrogens is 152 g/mol. The van der Waals surface area contributed by atoms with Gasteiger partial charge in [0.05, 0.1) is 6.04 Å². The van der Waals surface area contributed by atoms with Gasteiger partial charge < -0.3 is 11.1 Å². The van der Waals surface area contributed by atoms with Crippen LogP contribution < -0.4 is 11.1 Å². The number of amides is 1. The highest BCUT2D eigenvalue weighted by molar-refractivity contribution is 5.81. The normalized spacial score (nSPS) is 15.8. The molecular formula is C9H20N2O. The van der Waals surface area contributed by atoms with Crippen molar-refractivity contribution in [2.45, 2.75) is 46.2 Å². The van der Waals surface area contributed by atoms with Crippen LogP contribution in [0.25, 0.3) is 0 Å². The highest BCUT2D eigenvalue weighted by Crippen LogP contribution is 2.05. The predicted octanol–water partition coefficient (Wildman–Crippen LogP) is 0.884. The Morgan fingerprint density at radius 2 is 1.92 bits per heavy atom. The quantitative estimate of drug-likeness (QED) is 0.661. The van der Waals surface area contributed by atoms with E-state index >= 15 is 0 Å². The van der Waals surface area contributed by atoms with Gasteiger partial charge in [-0.1, -0.05) is 20.3 Å². The average Bonchev–Trinajstić information content (AvgIpc) is 2.00. The molecule has 0 aliphatic rings. The van der Waals surface area contributed by atoms with E-state index in [0.29, 0.717) is 0 Å². The monoisotopic (exact) mass is 172 g/mol. The van der Waals surface area contributed by atoms with E-state index < -0.39 is 0 Å². The van der Waals surface area contributed by atoms with Crippen LogP contribution in [-0.2, 0) is 4.79 Å². The predicted molar refractivity (Wildman–Crippen MR) is 50.7 cm³/mol. The van der Waals surface area contributed by atoms with Crippen molar-refractivity contribution >= 4 is 5.91 Å². The molecule has 0 fully saturated rings. The lowest BCUT2D eigenvalue weighted by Crippen LogP contribution is -2.46. The summed E-state index contributed by atoms with van der Waals surface area (Å²) < 4.78 is 0. The number of nitrogens with one attached hydrogen (secondary N) is 1. The number of hydrogen-bond acceptors (Lipinski definition) is 2. The fourth-order valence-electron chi connectivity index (χ4n) is 0.893. The molecule has 0 heterocycles. The third kappa shape index (κ3) is 3.72. The standard InChI is InChI=1S/C9H20N2O/c1-5-7(4)8(10)9(12)11-6(2)3/h6-8H,5,10H2,1-4H3,(H,11,12)/t7-,8-/m0/s1. The summed E-state index contributed by atoms with van der Waals surface area (Å²) in [7, 11) is 0. The van der Waals surface area contributed by atoms with E-state index in [1.807, 2.05) is 27.7 Å². The summed E-state index contributed by atoms with van der Waals surface area (Å²) in [4.78, 5) is 11.3. The Labute approximate surface area is 74.7 Å². The molecule has 0 radical (unpaired) electrons. The van der Waals surface area contributed by atoms with Gasteiger partial charge in [0.25, 0.3) is 0 Å². The lowest BCUT2D eigenvalue weighted by Gasteiger charge is -2.19. The van der Waals surface area contributed by atoms with Gasteiger partial charge in [-0.05, 0) is 19.8 Å². The maximum atomic E-state index is 11.3. The number of nitrogens with two attached hydrogens (primary N) is 1. The molecule has 0 aromatic heterocycles. The Hall–Kier alpha value is -0.570. The van der Waals surface area contributed by atoms with Crippen LogP contribution >= 0.6 is 0 Å². The number of carbonyl (C=O) groups is 1. The SMILES string of the molecule is CC[C@H](C)[C@H](N)C(=O)NC(C)C. The molecule has 0 aliphatic carbocycles. The van der Waals surface area contributed by atoms with Crippen molar-refractivity contribution in [3.63, 3.8) is 0 Å². The Morgan fingerprint density at radius 3 is 2.25 bits per heavy atom. The topological polar surface area (TPSA) is 55.1 Å². The van der Waals surface area contributed by atoms with Gasteiger partial charge in [-0.25, -0.2) is 0 Å². The average molecular weight is 172 g/mol. The Bertz CT molecular complexity index is 145. The van der Waals surface area contributed by atoms with Gasteiger partial charge in [-0.3, -0.25) is 4.79 Å². The highest BCUT2D eigenvalue weighted by Gasteiger charge is 2.19. The summed E-state index contributed by atoms with van der Waals surface area (Å²) in [5.74, 6) is 0.211. The molecule has 0 aliphatic heterocycles. The molecule has 3 nitrogen and oxygen atoms in total. The van der Waals surface area contributed by atoms with E-state index in [0.717, 1.165) is 6.42 Å². The Kier molecular flexibility index (Phi) is 4.90. The number of rotatable bonds is 4. The first kappa shape index (κ1) is 11.4. The molecule has 0 aromatic carbocycles. The van der Waals surface area contributed by atoms with Crippen LogP contribution in [-0.4, -0.2) is 18.0 Å². The zero-order valence-electron chi connectivity index (χ0n) is 8.42. The lowest BCUT2D eigenvalue weighted by atomic mass is 9.99. The summed E-state index contributed by atoms with van der Waals surface area (Å²) in [6.45, 7) is 7.89. The van der Waals surface area contributed by atoms with Gasteiger partial charge in [-0.2, -0.15) is 0 Å². The largest absolute Gasteiger partial charge is 0.353 e. The van der Waals surface area contributed by atoms with Crippen LogP contribution in [0.4, 0.5) is 0 Å². The van der Waals surface area contributed by atoms with E-state index in [2.05, 4.69) is 5.32 Å². The van der Waals surface area contributed by atoms with Crippen LogP contribution in [0.15, 0.2) is 0 Å². The van der Waals surface area contributed by atoms with Gasteiger partial charge in [0.1, 0.15) is 0 Å². The molecule has 0 bridgehead atoms. The zero-order chi connectivity index (χ0) is 9.72. The summed E-state index contributed by atoms with van der Waals surface area (Å²) >= 11 is 0. The van der Waals surface area contributed by atoms with Gasteiger partial charge in [0.2, 0.25) is 5.91 Å². The third-order valence-electron chi connectivity index (χ3n) is 1.99. The van der Waals surface area contributed by atoms with Gasteiger partial charge >= 0.3 is 0 Å². The first-order chi connectivity index (χ1) is 5.49. The van der Waals surface area contributed by atoms with Crippen molar-refractivity contribution < 1.29 is 4.79 Å². The highest BCUT2D eigenvalue weighted by atomic mass is 16.2. The van der Waals surface area contributed by atoms with Crippen LogP contribution in [0.2, 0.25) is 0 Å². The second-order valence-corrected chi connectivity index (χ2v) is 3.57. The van der Waals surface area contributed by atoms with Crippen molar-refractivity contribution in [2.24, 2.45) is 11.7 Å². The first-order valence-corrected chi connectivity index (χ1v) is 4.55. The summed E-state index contributed by atoms with van der Waals surface area (Å²) in [6.07, 6.45) is 0.937. The molecule has 0 aromatic rings. The molecule has 2 atom stereocenters. The van der Waals surface area contributed by atoms with Gasteiger partial charge in [0, 0.05) is 6.04 Å². The minimum atomic E-state index is -0.364. The second-order valence-electron chi connectivity index (χ2n) is 3.57. The van der Waals surface area contributed by atoms with Crippen LogP contribution in [0.5, 0.6) is 0 Å². The summed E-state index contributed by atoms with van der Waals surface area (Å²) in [6, 6.07) is -0.190. The molecule has 72 valence electrons. The molecule has 3 N–H and O–H groups in total. The van der Waals surface area contributed by atoms with E-state index in [4.69, 9.17) is 5.73 Å². The lowest BCUT2D eigenvalue weighted by molar-refractivity contribution is -0.123. The Morgan fingerprint density at radius 1 is 1.42 bits per heavy atom. The zero-order valence-corrected chi connectivity index (χ0v) is 8.42. The molecule has 1 amide bonds. The second kappa shape index (κ2) is 5.14. The first-order valence-electron chi connectivity index (χ1n) is 4.55. The van der Waals surface area contributed by atoms with Crippen molar-refractivity contribution in [3.8, 4) is 0 Å². The molecule has 0 saturated heterocycles. The van der Waals surface area contributed by atoms with Crippen molar-refractivity contribution in [2.75, 3.05) is 0 Å². The van der Waals surface area contributed by atoms with E-state index in [1.54, 1.807) is 0 Å². The van der Waals surface area contributed by atoms with E-state index in [1.165, 1.54) is 0 Å². The fraction of sp³-hybridized carbons (Fsp3) is 0.889. The summed E-state index contributed by atoms with van der Waals surface area (Å²) in [5.41, 5.74) is 5.71. The molecule has 0 unspecified atom stereocenters. The molecule has 0 spiro atoms. The van der Waals surface area contributed by atoms with E-state index in [9.17, 15) is 4.79 Å². The smallest absolute Gasteiger partial charge is 0.237 e. The minimum Gasteiger partial charge on any atom is -0.353 e. The molecule has 0 rings (SSSR count). The summed E-state index contributed by atoms with van der Waals surface area (Å²) in [5, 5.41) is 2.79. The van der Waals surface area contributed by atoms with Gasteiger partial charge in [-0.15, -0.1) is 0 Å². The molecule has 0 saturated carbocycles. The number of carbonyl (C=O) groups excluding carboxylic acids is 1. The van der Waals surface area contributed by atoms with Crippen LogP contribution in [0.1, 0.15) is 34.1 Å². The van der Waals surface area contributed by atoms with Crippen molar-refractivity contribution in [1.29, 1.82) is 0 Å². The molecule has 3 heteroatoms. The number of hydrogen-bond donors (Lipinski definition) is 2.